The Morgan fingerprint density at radius 3 is 2.67 bits per heavy atom. The molecule has 1 aliphatic rings. The highest BCUT2D eigenvalue weighted by atomic mass is 32.2. The number of aryl methyl sites for hydroxylation is 1. The van der Waals surface area contributed by atoms with Gasteiger partial charge in [-0.3, -0.25) is 0 Å². The number of sulfonamides is 1. The quantitative estimate of drug-likeness (QED) is 0.850. The Bertz CT molecular complexity index is 658. The second kappa shape index (κ2) is 6.00. The molecule has 1 aromatic rings. The van der Waals surface area contributed by atoms with Gasteiger partial charge in [-0.05, 0) is 38.5 Å². The molecule has 0 amide bonds. The first-order valence-electron chi connectivity index (χ1n) is 6.77. The minimum Gasteiger partial charge on any atom is -0.389 e. The van der Waals surface area contributed by atoms with Crippen molar-refractivity contribution in [2.24, 2.45) is 5.73 Å². The van der Waals surface area contributed by atoms with E-state index in [4.69, 9.17) is 22.7 Å². The van der Waals surface area contributed by atoms with Crippen molar-refractivity contribution < 1.29 is 13.2 Å². The average molecular weight is 328 g/mol. The number of nitrogens with two attached hydrogens (primary N) is 1. The summed E-state index contributed by atoms with van der Waals surface area (Å²) in [6.45, 7) is 6.29. The van der Waals surface area contributed by atoms with Crippen LogP contribution < -0.4 is 5.73 Å². The fourth-order valence-electron chi connectivity index (χ4n) is 2.42. The van der Waals surface area contributed by atoms with Crippen LogP contribution in [0.4, 0.5) is 0 Å². The van der Waals surface area contributed by atoms with Crippen LogP contribution in [0, 0.1) is 6.92 Å². The molecule has 2 atom stereocenters. The molecule has 1 fully saturated rings. The van der Waals surface area contributed by atoms with Crippen molar-refractivity contribution in [2.75, 3.05) is 13.2 Å². The predicted molar refractivity (Wildman–Crippen MR) is 85.8 cm³/mol. The summed E-state index contributed by atoms with van der Waals surface area (Å²) in [5.41, 5.74) is 7.07. The minimum absolute atomic E-state index is 0.104. The van der Waals surface area contributed by atoms with Crippen LogP contribution in [-0.2, 0) is 14.8 Å². The number of hydrogen-bond acceptors (Lipinski definition) is 4. The number of ether oxygens (including phenoxy) is 1. The fraction of sp³-hybridized carbons (Fsp3) is 0.500. The number of thiocarbonyl (C=S) groups is 1. The summed E-state index contributed by atoms with van der Waals surface area (Å²) in [6.07, 6.45) is -0.104. The molecular weight excluding hydrogens is 308 g/mol. The Morgan fingerprint density at radius 2 is 2.10 bits per heavy atom. The Labute approximate surface area is 131 Å². The van der Waals surface area contributed by atoms with Gasteiger partial charge in [0, 0.05) is 18.2 Å². The van der Waals surface area contributed by atoms with Gasteiger partial charge in [-0.15, -0.1) is 0 Å². The van der Waals surface area contributed by atoms with Gasteiger partial charge < -0.3 is 10.5 Å². The largest absolute Gasteiger partial charge is 0.389 e. The van der Waals surface area contributed by atoms with Crippen molar-refractivity contribution in [3.05, 3.63) is 29.3 Å². The zero-order valence-corrected chi connectivity index (χ0v) is 14.0. The summed E-state index contributed by atoms with van der Waals surface area (Å²) in [5, 5.41) is 0. The molecule has 2 unspecified atom stereocenters. The third kappa shape index (κ3) is 3.26. The Morgan fingerprint density at radius 1 is 1.43 bits per heavy atom. The summed E-state index contributed by atoms with van der Waals surface area (Å²) in [7, 11) is -3.54. The Balaban J connectivity index is 2.39. The maximum Gasteiger partial charge on any atom is 0.243 e. The zero-order valence-electron chi connectivity index (χ0n) is 12.4. The number of nitrogens with zero attached hydrogens (tertiary/aromatic N) is 1. The van der Waals surface area contributed by atoms with Gasteiger partial charge in [-0.2, -0.15) is 4.31 Å². The lowest BCUT2D eigenvalue weighted by molar-refractivity contribution is -0.0170. The Kier molecular flexibility index (Phi) is 4.67. The molecule has 5 nitrogen and oxygen atoms in total. The fourth-order valence-corrected chi connectivity index (χ4v) is 4.42. The first-order valence-corrected chi connectivity index (χ1v) is 8.62. The lowest BCUT2D eigenvalue weighted by Gasteiger charge is -2.35. The molecule has 0 bridgehead atoms. The molecule has 2 N–H and O–H groups in total. The summed E-state index contributed by atoms with van der Waals surface area (Å²) in [5.74, 6) is 0. The average Bonchev–Trinajstić information content (AvgIpc) is 2.40. The monoisotopic (exact) mass is 328 g/mol. The van der Waals surface area contributed by atoms with E-state index in [1.54, 1.807) is 25.1 Å². The van der Waals surface area contributed by atoms with Gasteiger partial charge in [0.2, 0.25) is 10.0 Å². The molecule has 0 saturated carbocycles. The number of hydrogen-bond donors (Lipinski definition) is 1. The third-order valence-corrected chi connectivity index (χ3v) is 5.82. The highest BCUT2D eigenvalue weighted by molar-refractivity contribution is 7.89. The van der Waals surface area contributed by atoms with E-state index in [1.165, 1.54) is 4.31 Å². The van der Waals surface area contributed by atoms with Crippen LogP contribution in [0.1, 0.15) is 25.0 Å². The highest BCUT2D eigenvalue weighted by Crippen LogP contribution is 2.24. The molecule has 0 aromatic heterocycles. The van der Waals surface area contributed by atoms with Crippen molar-refractivity contribution >= 4 is 27.2 Å². The second-order valence-corrected chi connectivity index (χ2v) is 7.74. The molecule has 21 heavy (non-hydrogen) atoms. The van der Waals surface area contributed by atoms with Crippen LogP contribution >= 0.6 is 12.2 Å². The maximum absolute atomic E-state index is 12.8. The molecule has 116 valence electrons. The summed E-state index contributed by atoms with van der Waals surface area (Å²) in [4.78, 5) is 0.533. The van der Waals surface area contributed by atoms with E-state index in [0.29, 0.717) is 18.7 Å². The molecule has 1 aliphatic heterocycles. The van der Waals surface area contributed by atoms with E-state index >= 15 is 0 Å². The molecule has 1 heterocycles. The highest BCUT2D eigenvalue weighted by Gasteiger charge is 2.34. The van der Waals surface area contributed by atoms with E-state index in [9.17, 15) is 8.42 Å². The van der Waals surface area contributed by atoms with E-state index < -0.39 is 10.0 Å². The summed E-state index contributed by atoms with van der Waals surface area (Å²) >= 11 is 4.95. The van der Waals surface area contributed by atoms with Crippen molar-refractivity contribution in [2.45, 2.75) is 37.8 Å². The molecule has 0 spiro atoms. The van der Waals surface area contributed by atoms with E-state index in [0.717, 1.165) is 5.56 Å². The van der Waals surface area contributed by atoms with Crippen LogP contribution in [0.15, 0.2) is 23.1 Å². The molecule has 2 rings (SSSR count). The van der Waals surface area contributed by atoms with E-state index in [1.807, 2.05) is 13.8 Å². The smallest absolute Gasteiger partial charge is 0.243 e. The van der Waals surface area contributed by atoms with Gasteiger partial charge in [-0.1, -0.05) is 18.3 Å². The topological polar surface area (TPSA) is 72.6 Å². The number of morpholine rings is 1. The van der Waals surface area contributed by atoms with Crippen LogP contribution in [-0.4, -0.2) is 43.0 Å². The number of rotatable bonds is 3. The van der Waals surface area contributed by atoms with Crippen LogP contribution in [0.3, 0.4) is 0 Å². The van der Waals surface area contributed by atoms with Gasteiger partial charge in [0.25, 0.3) is 0 Å². The molecule has 0 radical (unpaired) electrons. The van der Waals surface area contributed by atoms with Gasteiger partial charge in [0.15, 0.2) is 0 Å². The van der Waals surface area contributed by atoms with Gasteiger partial charge >= 0.3 is 0 Å². The standard InChI is InChI=1S/C14H20N2O3S2/c1-9-6-12(4-5-13(9)14(15)20)21(17,18)16-7-11(3)19-8-10(16)2/h4-6,10-11H,7-8H2,1-3H3,(H2,15,20). The Hall–Kier alpha value is -1.02. The summed E-state index contributed by atoms with van der Waals surface area (Å²) in [6, 6.07) is 4.67. The zero-order chi connectivity index (χ0) is 15.8. The van der Waals surface area contributed by atoms with E-state index in [2.05, 4.69) is 0 Å². The van der Waals surface area contributed by atoms with Crippen molar-refractivity contribution in [3.8, 4) is 0 Å². The third-order valence-electron chi connectivity index (χ3n) is 3.62. The van der Waals surface area contributed by atoms with Crippen molar-refractivity contribution in [1.29, 1.82) is 0 Å². The first kappa shape index (κ1) is 16.4. The van der Waals surface area contributed by atoms with Crippen LogP contribution in [0.25, 0.3) is 0 Å². The molecule has 1 saturated heterocycles. The van der Waals surface area contributed by atoms with Crippen molar-refractivity contribution in [1.82, 2.24) is 4.31 Å². The van der Waals surface area contributed by atoms with Crippen molar-refractivity contribution in [3.63, 3.8) is 0 Å². The van der Waals surface area contributed by atoms with Crippen LogP contribution in [0.5, 0.6) is 0 Å². The normalized spacial score (nSPS) is 24.0. The van der Waals surface area contributed by atoms with Gasteiger partial charge in [0.1, 0.15) is 4.99 Å². The lowest BCUT2D eigenvalue weighted by Crippen LogP contribution is -2.50. The van der Waals surface area contributed by atoms with Gasteiger partial charge in [0.05, 0.1) is 17.6 Å². The maximum atomic E-state index is 12.8. The molecule has 1 aromatic carbocycles. The van der Waals surface area contributed by atoms with E-state index in [-0.39, 0.29) is 22.0 Å². The second-order valence-electron chi connectivity index (χ2n) is 5.41. The predicted octanol–water partition coefficient (Wildman–Crippen LogP) is 1.43. The minimum atomic E-state index is -3.54. The summed E-state index contributed by atoms with van der Waals surface area (Å²) < 4.78 is 32.5. The SMILES string of the molecule is Cc1cc(S(=O)(=O)N2CC(C)OCC2C)ccc1C(N)=S. The lowest BCUT2D eigenvalue weighted by atomic mass is 10.1. The number of benzene rings is 1. The van der Waals surface area contributed by atoms with Crippen LogP contribution in [0.2, 0.25) is 0 Å². The molecule has 7 heteroatoms. The van der Waals surface area contributed by atoms with Gasteiger partial charge in [-0.25, -0.2) is 8.42 Å². The molecular formula is C14H20N2O3S2. The first-order chi connectivity index (χ1) is 9.73. The molecule has 0 aliphatic carbocycles.